The van der Waals surface area contributed by atoms with E-state index in [9.17, 15) is 4.79 Å². The van der Waals surface area contributed by atoms with Crippen molar-refractivity contribution in [2.24, 2.45) is 10.7 Å². The van der Waals surface area contributed by atoms with Gasteiger partial charge in [0, 0.05) is 0 Å². The molecule has 5 heteroatoms. The van der Waals surface area contributed by atoms with Crippen molar-refractivity contribution < 1.29 is 4.79 Å². The van der Waals surface area contributed by atoms with Gasteiger partial charge in [-0.25, -0.2) is 4.99 Å². The van der Waals surface area contributed by atoms with Crippen LogP contribution >= 0.6 is 0 Å². The molecule has 1 aliphatic heterocycles. The van der Waals surface area contributed by atoms with Gasteiger partial charge >= 0.3 is 0 Å². The molecule has 0 radical (unpaired) electrons. The number of amides is 1. The molecule has 3 N–H and O–H groups in total. The summed E-state index contributed by atoms with van der Waals surface area (Å²) in [4.78, 5) is 17.8. The summed E-state index contributed by atoms with van der Waals surface area (Å²) in [5.74, 6) is 0.202. The zero-order valence-electron chi connectivity index (χ0n) is 10.8. The topological polar surface area (TPSA) is 70.7 Å². The van der Waals surface area contributed by atoms with Crippen LogP contribution < -0.4 is 16.0 Å². The van der Waals surface area contributed by atoms with E-state index in [4.69, 9.17) is 5.73 Å². The highest BCUT2D eigenvalue weighted by atomic mass is 16.2. The van der Waals surface area contributed by atoms with Crippen LogP contribution in [0.15, 0.2) is 59.6 Å². The maximum atomic E-state index is 11.7. The summed E-state index contributed by atoms with van der Waals surface area (Å²) in [5, 5.41) is 2.82. The highest BCUT2D eigenvalue weighted by Gasteiger charge is 2.23. The summed E-state index contributed by atoms with van der Waals surface area (Å²) < 4.78 is 0. The number of guanidine groups is 1. The van der Waals surface area contributed by atoms with Crippen LogP contribution in [0.1, 0.15) is 0 Å². The summed E-state index contributed by atoms with van der Waals surface area (Å²) in [6.45, 7) is 0.166. The Bertz CT molecular complexity index is 667. The van der Waals surface area contributed by atoms with Crippen molar-refractivity contribution in [1.29, 1.82) is 0 Å². The average Bonchev–Trinajstić information content (AvgIpc) is 2.47. The molecule has 0 atom stereocenters. The predicted octanol–water partition coefficient (Wildman–Crippen LogP) is 2.09. The Labute approximate surface area is 116 Å². The second-order valence-electron chi connectivity index (χ2n) is 4.46. The summed E-state index contributed by atoms with van der Waals surface area (Å²) in [7, 11) is 0. The Morgan fingerprint density at radius 3 is 2.60 bits per heavy atom. The van der Waals surface area contributed by atoms with Crippen LogP contribution in [0.2, 0.25) is 0 Å². The van der Waals surface area contributed by atoms with Crippen LogP contribution in [-0.2, 0) is 4.79 Å². The standard InChI is InChI=1S/C15H14N4O/c16-15(17-11-6-2-1-3-7-11)19-10-14(20)18-12-8-4-5-9-13(12)19/h1-9H,10H2,(H2,16,17)(H,18,20). The normalized spacial score (nSPS) is 14.7. The summed E-state index contributed by atoms with van der Waals surface area (Å²) >= 11 is 0. The van der Waals surface area contributed by atoms with Crippen molar-refractivity contribution in [2.75, 3.05) is 16.8 Å². The fourth-order valence-corrected chi connectivity index (χ4v) is 2.13. The largest absolute Gasteiger partial charge is 0.369 e. The minimum atomic E-state index is -0.102. The molecule has 20 heavy (non-hydrogen) atoms. The average molecular weight is 266 g/mol. The van der Waals surface area contributed by atoms with Crippen molar-refractivity contribution in [3.05, 3.63) is 54.6 Å². The van der Waals surface area contributed by atoms with E-state index in [1.165, 1.54) is 0 Å². The second-order valence-corrected chi connectivity index (χ2v) is 4.46. The minimum Gasteiger partial charge on any atom is -0.369 e. The number of aliphatic imine (C=N–C) groups is 1. The maximum absolute atomic E-state index is 11.7. The quantitative estimate of drug-likeness (QED) is 0.613. The molecular weight excluding hydrogens is 252 g/mol. The Morgan fingerprint density at radius 1 is 1.10 bits per heavy atom. The van der Waals surface area contributed by atoms with Crippen molar-refractivity contribution >= 4 is 28.9 Å². The first kappa shape index (κ1) is 12.2. The van der Waals surface area contributed by atoms with Gasteiger partial charge < -0.3 is 16.0 Å². The first-order valence-electron chi connectivity index (χ1n) is 6.30. The molecule has 2 aromatic rings. The van der Waals surface area contributed by atoms with Crippen molar-refractivity contribution in [3.63, 3.8) is 0 Å². The third kappa shape index (κ3) is 2.33. The number of hydrogen-bond acceptors (Lipinski definition) is 2. The molecule has 1 amide bonds. The molecule has 0 unspecified atom stereocenters. The van der Waals surface area contributed by atoms with E-state index in [0.29, 0.717) is 5.96 Å². The number of fused-ring (bicyclic) bond motifs is 1. The first-order chi connectivity index (χ1) is 9.74. The van der Waals surface area contributed by atoms with E-state index in [1.54, 1.807) is 4.90 Å². The van der Waals surface area contributed by atoms with Gasteiger partial charge in [-0.3, -0.25) is 4.79 Å². The van der Waals surface area contributed by atoms with Gasteiger partial charge in [0.2, 0.25) is 11.9 Å². The molecule has 1 heterocycles. The molecule has 0 aromatic heterocycles. The van der Waals surface area contributed by atoms with Gasteiger partial charge in [-0.05, 0) is 24.3 Å². The lowest BCUT2D eigenvalue weighted by atomic mass is 10.2. The molecular formula is C15H14N4O. The number of carbonyl (C=O) groups excluding carboxylic acids is 1. The Kier molecular flexibility index (Phi) is 3.09. The van der Waals surface area contributed by atoms with Crippen molar-refractivity contribution in [3.8, 4) is 0 Å². The molecule has 0 saturated heterocycles. The van der Waals surface area contributed by atoms with Crippen molar-refractivity contribution in [2.45, 2.75) is 0 Å². The highest BCUT2D eigenvalue weighted by molar-refractivity contribution is 6.10. The zero-order valence-corrected chi connectivity index (χ0v) is 10.8. The van der Waals surface area contributed by atoms with E-state index >= 15 is 0 Å². The SMILES string of the molecule is NC(=Nc1ccccc1)N1CC(=O)Nc2ccccc21. The number of anilines is 2. The molecule has 0 spiro atoms. The Balaban J connectivity index is 1.98. The minimum absolute atomic E-state index is 0.102. The zero-order chi connectivity index (χ0) is 13.9. The lowest BCUT2D eigenvalue weighted by molar-refractivity contribution is -0.115. The third-order valence-corrected chi connectivity index (χ3v) is 3.05. The molecule has 0 bridgehead atoms. The van der Waals surface area contributed by atoms with E-state index in [0.717, 1.165) is 17.1 Å². The molecule has 5 nitrogen and oxygen atoms in total. The van der Waals surface area contributed by atoms with Crippen LogP contribution in [0.4, 0.5) is 17.1 Å². The second kappa shape index (κ2) is 5.05. The number of para-hydroxylation sites is 3. The smallest absolute Gasteiger partial charge is 0.244 e. The monoisotopic (exact) mass is 266 g/mol. The van der Waals surface area contributed by atoms with Crippen LogP contribution in [0.3, 0.4) is 0 Å². The fraction of sp³-hybridized carbons (Fsp3) is 0.0667. The fourth-order valence-electron chi connectivity index (χ4n) is 2.13. The van der Waals surface area contributed by atoms with Crippen LogP contribution in [0.25, 0.3) is 0 Å². The van der Waals surface area contributed by atoms with Gasteiger partial charge in [0.25, 0.3) is 0 Å². The van der Waals surface area contributed by atoms with Gasteiger partial charge in [-0.2, -0.15) is 0 Å². The number of carbonyl (C=O) groups is 1. The Hall–Kier alpha value is -2.82. The van der Waals surface area contributed by atoms with E-state index in [2.05, 4.69) is 10.3 Å². The number of nitrogens with two attached hydrogens (primary N) is 1. The van der Waals surface area contributed by atoms with E-state index < -0.39 is 0 Å². The number of nitrogens with zero attached hydrogens (tertiary/aromatic N) is 2. The maximum Gasteiger partial charge on any atom is 0.244 e. The molecule has 100 valence electrons. The third-order valence-electron chi connectivity index (χ3n) is 3.05. The van der Waals surface area contributed by atoms with Crippen molar-refractivity contribution in [1.82, 2.24) is 0 Å². The van der Waals surface area contributed by atoms with Gasteiger partial charge in [0.15, 0.2) is 0 Å². The molecule has 0 fully saturated rings. The first-order valence-corrected chi connectivity index (χ1v) is 6.30. The molecule has 1 aliphatic rings. The molecule has 0 saturated carbocycles. The Morgan fingerprint density at radius 2 is 1.80 bits per heavy atom. The predicted molar refractivity (Wildman–Crippen MR) is 80.1 cm³/mol. The van der Waals surface area contributed by atoms with Gasteiger partial charge in [0.05, 0.1) is 17.1 Å². The summed E-state index contributed by atoms with van der Waals surface area (Å²) in [5.41, 5.74) is 8.41. The highest BCUT2D eigenvalue weighted by Crippen LogP contribution is 2.28. The van der Waals surface area contributed by atoms with E-state index in [1.807, 2.05) is 54.6 Å². The molecule has 3 rings (SSSR count). The van der Waals surface area contributed by atoms with Gasteiger partial charge in [-0.1, -0.05) is 30.3 Å². The number of hydrogen-bond donors (Lipinski definition) is 2. The van der Waals surface area contributed by atoms with Crippen LogP contribution in [0, 0.1) is 0 Å². The van der Waals surface area contributed by atoms with Crippen LogP contribution in [-0.4, -0.2) is 18.4 Å². The van der Waals surface area contributed by atoms with Crippen LogP contribution in [0.5, 0.6) is 0 Å². The van der Waals surface area contributed by atoms with Gasteiger partial charge in [0.1, 0.15) is 6.54 Å². The number of benzene rings is 2. The molecule has 0 aliphatic carbocycles. The number of rotatable bonds is 1. The summed E-state index contributed by atoms with van der Waals surface area (Å²) in [6.07, 6.45) is 0. The lowest BCUT2D eigenvalue weighted by Gasteiger charge is -2.29. The summed E-state index contributed by atoms with van der Waals surface area (Å²) in [6, 6.07) is 16.9. The van der Waals surface area contributed by atoms with E-state index in [-0.39, 0.29) is 12.5 Å². The lowest BCUT2D eigenvalue weighted by Crippen LogP contribution is -2.45. The van der Waals surface area contributed by atoms with Gasteiger partial charge in [-0.15, -0.1) is 0 Å². The number of nitrogens with one attached hydrogen (secondary N) is 1. The molecule has 2 aromatic carbocycles.